The number of anilines is 1. The van der Waals surface area contributed by atoms with E-state index >= 15 is 0 Å². The summed E-state index contributed by atoms with van der Waals surface area (Å²) in [6, 6.07) is 13.8. The lowest BCUT2D eigenvalue weighted by molar-refractivity contribution is 0.779. The molecule has 0 atom stereocenters. The molecule has 4 rings (SSSR count). The third-order valence-electron chi connectivity index (χ3n) is 4.63. The zero-order chi connectivity index (χ0) is 17.4. The van der Waals surface area contributed by atoms with E-state index in [4.69, 9.17) is 28.3 Å². The van der Waals surface area contributed by atoms with Gasteiger partial charge in [-0.3, -0.25) is 0 Å². The first kappa shape index (κ1) is 16.5. The topological polar surface area (TPSA) is 29.9 Å². The van der Waals surface area contributed by atoms with E-state index in [1.807, 2.05) is 47.1 Å². The Balaban J connectivity index is 1.91. The zero-order valence-electron chi connectivity index (χ0n) is 14.0. The molecule has 25 heavy (non-hydrogen) atoms. The van der Waals surface area contributed by atoms with E-state index in [1.165, 1.54) is 5.56 Å². The minimum Gasteiger partial charge on any atom is -0.370 e. The Hall–Kier alpha value is -1.97. The van der Waals surface area contributed by atoms with Gasteiger partial charge >= 0.3 is 0 Å². The van der Waals surface area contributed by atoms with E-state index in [2.05, 4.69) is 12.2 Å². The summed E-state index contributed by atoms with van der Waals surface area (Å²) >= 11 is 12.2. The van der Waals surface area contributed by atoms with Gasteiger partial charge in [0, 0.05) is 27.7 Å². The summed E-state index contributed by atoms with van der Waals surface area (Å²) in [5.41, 5.74) is 5.54. The van der Waals surface area contributed by atoms with Gasteiger partial charge < -0.3 is 5.32 Å². The van der Waals surface area contributed by atoms with Crippen LogP contribution in [0.15, 0.2) is 42.5 Å². The molecule has 1 aliphatic rings. The molecule has 0 radical (unpaired) electrons. The number of aryl methyl sites for hydroxylation is 1. The van der Waals surface area contributed by atoms with Crippen LogP contribution in [0, 0.1) is 6.92 Å². The number of nitrogens with one attached hydrogen (secondary N) is 1. The van der Waals surface area contributed by atoms with Crippen LogP contribution in [0.3, 0.4) is 0 Å². The maximum atomic E-state index is 6.13. The van der Waals surface area contributed by atoms with Crippen molar-refractivity contribution in [3.63, 3.8) is 0 Å². The quantitative estimate of drug-likeness (QED) is 0.607. The summed E-state index contributed by atoms with van der Waals surface area (Å²) in [5.74, 6) is 1.09. The van der Waals surface area contributed by atoms with E-state index in [9.17, 15) is 0 Å². The van der Waals surface area contributed by atoms with Gasteiger partial charge in [0.05, 0.1) is 11.4 Å². The van der Waals surface area contributed by atoms with Crippen molar-refractivity contribution in [3.05, 3.63) is 63.6 Å². The average Bonchev–Trinajstić information content (AvgIpc) is 2.78. The zero-order valence-corrected chi connectivity index (χ0v) is 15.5. The molecule has 0 amide bonds. The largest absolute Gasteiger partial charge is 0.370 e. The van der Waals surface area contributed by atoms with Gasteiger partial charge in [0.25, 0.3) is 0 Å². The summed E-state index contributed by atoms with van der Waals surface area (Å²) in [6.07, 6.45) is 3.34. The lowest BCUT2D eigenvalue weighted by atomic mass is 10.0. The Kier molecular flexibility index (Phi) is 4.45. The van der Waals surface area contributed by atoms with Gasteiger partial charge in [-0.2, -0.15) is 5.10 Å². The number of halogens is 2. The number of nitrogens with zero attached hydrogens (tertiary/aromatic N) is 2. The highest BCUT2D eigenvalue weighted by Gasteiger charge is 2.22. The van der Waals surface area contributed by atoms with Gasteiger partial charge in [-0.05, 0) is 62.1 Å². The maximum Gasteiger partial charge on any atom is 0.133 e. The summed E-state index contributed by atoms with van der Waals surface area (Å²) in [4.78, 5) is 0. The van der Waals surface area contributed by atoms with Crippen LogP contribution in [0.25, 0.3) is 16.9 Å². The molecule has 0 aliphatic carbocycles. The second-order valence-corrected chi connectivity index (χ2v) is 7.28. The minimum atomic E-state index is 0.737. The molecule has 5 heteroatoms. The SMILES string of the molecule is Cc1cc(Cl)ccc1-n1nc(-c2ccc(Cl)cc2)c2c1NCCCC2. The van der Waals surface area contributed by atoms with Gasteiger partial charge in [-0.1, -0.05) is 35.3 Å². The van der Waals surface area contributed by atoms with Gasteiger partial charge in [-0.25, -0.2) is 4.68 Å². The molecule has 0 saturated heterocycles. The van der Waals surface area contributed by atoms with Crippen molar-refractivity contribution in [3.8, 4) is 16.9 Å². The van der Waals surface area contributed by atoms with Gasteiger partial charge in [0.15, 0.2) is 0 Å². The Bertz CT molecular complexity index is 913. The predicted molar refractivity (Wildman–Crippen MR) is 105 cm³/mol. The molecule has 0 saturated carbocycles. The van der Waals surface area contributed by atoms with Crippen molar-refractivity contribution in [2.75, 3.05) is 11.9 Å². The third-order valence-corrected chi connectivity index (χ3v) is 5.12. The highest BCUT2D eigenvalue weighted by molar-refractivity contribution is 6.31. The Labute approximate surface area is 157 Å². The van der Waals surface area contributed by atoms with Crippen molar-refractivity contribution in [2.24, 2.45) is 0 Å². The fraction of sp³-hybridized carbons (Fsp3) is 0.250. The van der Waals surface area contributed by atoms with Crippen LogP contribution in [-0.4, -0.2) is 16.3 Å². The normalized spacial score (nSPS) is 13.9. The molecule has 0 fully saturated rings. The first-order valence-electron chi connectivity index (χ1n) is 8.52. The van der Waals surface area contributed by atoms with E-state index in [1.54, 1.807) is 0 Å². The van der Waals surface area contributed by atoms with E-state index in [0.29, 0.717) is 0 Å². The van der Waals surface area contributed by atoms with Crippen molar-refractivity contribution in [1.29, 1.82) is 0 Å². The summed E-state index contributed by atoms with van der Waals surface area (Å²) in [6.45, 7) is 3.03. The van der Waals surface area contributed by atoms with Gasteiger partial charge in [-0.15, -0.1) is 0 Å². The van der Waals surface area contributed by atoms with Crippen LogP contribution in [0.4, 0.5) is 5.82 Å². The van der Waals surface area contributed by atoms with Gasteiger partial charge in [0.1, 0.15) is 5.82 Å². The average molecular weight is 372 g/mol. The number of benzene rings is 2. The molecule has 0 unspecified atom stereocenters. The van der Waals surface area contributed by atoms with Crippen molar-refractivity contribution in [1.82, 2.24) is 9.78 Å². The fourth-order valence-corrected chi connectivity index (χ4v) is 3.73. The monoisotopic (exact) mass is 371 g/mol. The lowest BCUT2D eigenvalue weighted by Gasteiger charge is -2.11. The molecule has 0 bridgehead atoms. The summed E-state index contributed by atoms with van der Waals surface area (Å²) < 4.78 is 2.02. The molecule has 2 heterocycles. The standard InChI is InChI=1S/C20H19Cl2N3/c1-13-12-16(22)9-10-18(13)25-20-17(4-2-3-11-23-20)19(24-25)14-5-7-15(21)8-6-14/h5-10,12,23H,2-4,11H2,1H3. The van der Waals surface area contributed by atoms with Crippen LogP contribution in [-0.2, 0) is 6.42 Å². The van der Waals surface area contributed by atoms with Gasteiger partial charge in [0.2, 0.25) is 0 Å². The number of hydrogen-bond acceptors (Lipinski definition) is 2. The van der Waals surface area contributed by atoms with Crippen molar-refractivity contribution >= 4 is 29.0 Å². The molecule has 128 valence electrons. The lowest BCUT2D eigenvalue weighted by Crippen LogP contribution is -2.08. The number of rotatable bonds is 2. The van der Waals surface area contributed by atoms with E-state index in [-0.39, 0.29) is 0 Å². The Morgan fingerprint density at radius 3 is 2.52 bits per heavy atom. The van der Waals surface area contributed by atoms with Crippen LogP contribution < -0.4 is 5.32 Å². The van der Waals surface area contributed by atoms with E-state index < -0.39 is 0 Å². The second kappa shape index (κ2) is 6.74. The molecule has 3 aromatic rings. The molecular formula is C20H19Cl2N3. The first-order valence-corrected chi connectivity index (χ1v) is 9.27. The van der Waals surface area contributed by atoms with Crippen LogP contribution in [0.2, 0.25) is 10.0 Å². The molecule has 2 aromatic carbocycles. The summed E-state index contributed by atoms with van der Waals surface area (Å²) in [5, 5.41) is 10.0. The number of hydrogen-bond donors (Lipinski definition) is 1. The van der Waals surface area contributed by atoms with Crippen LogP contribution in [0.5, 0.6) is 0 Å². The predicted octanol–water partition coefficient (Wildman–Crippen LogP) is 5.90. The molecule has 3 nitrogen and oxygen atoms in total. The Morgan fingerprint density at radius 2 is 1.76 bits per heavy atom. The summed E-state index contributed by atoms with van der Waals surface area (Å²) in [7, 11) is 0. The van der Waals surface area contributed by atoms with Crippen molar-refractivity contribution < 1.29 is 0 Å². The molecule has 1 aliphatic heterocycles. The van der Waals surface area contributed by atoms with Crippen molar-refractivity contribution in [2.45, 2.75) is 26.2 Å². The van der Waals surface area contributed by atoms with Crippen LogP contribution in [0.1, 0.15) is 24.0 Å². The maximum absolute atomic E-state index is 6.13. The third kappa shape index (κ3) is 3.14. The number of fused-ring (bicyclic) bond motifs is 1. The highest BCUT2D eigenvalue weighted by atomic mass is 35.5. The molecule has 0 spiro atoms. The fourth-order valence-electron chi connectivity index (χ4n) is 3.37. The smallest absolute Gasteiger partial charge is 0.133 e. The molecule has 1 aromatic heterocycles. The second-order valence-electron chi connectivity index (χ2n) is 6.41. The number of aromatic nitrogens is 2. The first-order chi connectivity index (χ1) is 12.1. The molecule has 1 N–H and O–H groups in total. The Morgan fingerprint density at radius 1 is 1.00 bits per heavy atom. The van der Waals surface area contributed by atoms with E-state index in [0.717, 1.165) is 64.2 Å². The minimum absolute atomic E-state index is 0.737. The molecular weight excluding hydrogens is 353 g/mol. The van der Waals surface area contributed by atoms with Crippen LogP contribution >= 0.6 is 23.2 Å². The highest BCUT2D eigenvalue weighted by Crippen LogP contribution is 2.35.